The topological polar surface area (TPSA) is 47.4 Å². The van der Waals surface area contributed by atoms with Gasteiger partial charge in [0.25, 0.3) is 0 Å². The SMILES string of the molecule is Cc1ccc2cnn(C3CCN(C(=O)OC(C)(C)C)CC3)c2c1. The van der Waals surface area contributed by atoms with Gasteiger partial charge in [-0.1, -0.05) is 12.1 Å². The molecule has 3 rings (SSSR count). The second-order valence-electron chi connectivity index (χ2n) is 7.35. The normalized spacial score (nSPS) is 16.8. The zero-order valence-corrected chi connectivity index (χ0v) is 14.4. The lowest BCUT2D eigenvalue weighted by Crippen LogP contribution is -2.42. The number of hydrogen-bond acceptors (Lipinski definition) is 3. The number of amides is 1. The molecule has 0 spiro atoms. The van der Waals surface area contributed by atoms with E-state index in [4.69, 9.17) is 4.74 Å². The second-order valence-corrected chi connectivity index (χ2v) is 7.35. The number of rotatable bonds is 1. The molecule has 1 amide bonds. The molecule has 1 aromatic heterocycles. The van der Waals surface area contributed by atoms with Crippen molar-refractivity contribution in [2.24, 2.45) is 0 Å². The fourth-order valence-electron chi connectivity index (χ4n) is 3.06. The highest BCUT2D eigenvalue weighted by atomic mass is 16.6. The maximum absolute atomic E-state index is 12.1. The molecule has 0 aliphatic carbocycles. The van der Waals surface area contributed by atoms with Gasteiger partial charge >= 0.3 is 6.09 Å². The summed E-state index contributed by atoms with van der Waals surface area (Å²) in [6.45, 7) is 9.23. The molecule has 5 nitrogen and oxygen atoms in total. The van der Waals surface area contributed by atoms with Crippen LogP contribution in [-0.2, 0) is 4.74 Å². The predicted octanol–water partition coefficient (Wildman–Crippen LogP) is 3.92. The van der Waals surface area contributed by atoms with Crippen molar-refractivity contribution in [3.8, 4) is 0 Å². The molecule has 1 saturated heterocycles. The number of ether oxygens (including phenoxy) is 1. The minimum Gasteiger partial charge on any atom is -0.444 e. The summed E-state index contributed by atoms with van der Waals surface area (Å²) >= 11 is 0. The number of carbonyl (C=O) groups excluding carboxylic acids is 1. The Hall–Kier alpha value is -2.04. The average Bonchev–Trinajstić information content (AvgIpc) is 2.88. The van der Waals surface area contributed by atoms with Gasteiger partial charge in [0, 0.05) is 18.5 Å². The van der Waals surface area contributed by atoms with E-state index in [0.717, 1.165) is 12.8 Å². The Morgan fingerprint density at radius 2 is 1.96 bits per heavy atom. The molecular weight excluding hydrogens is 290 g/mol. The van der Waals surface area contributed by atoms with Gasteiger partial charge in [-0.05, 0) is 52.2 Å². The number of aromatic nitrogens is 2. The van der Waals surface area contributed by atoms with Crippen LogP contribution in [0.2, 0.25) is 0 Å². The molecular formula is C18H25N3O2. The molecule has 1 aromatic carbocycles. The van der Waals surface area contributed by atoms with E-state index < -0.39 is 5.60 Å². The van der Waals surface area contributed by atoms with E-state index in [1.807, 2.05) is 27.0 Å². The van der Waals surface area contributed by atoms with Gasteiger partial charge in [-0.2, -0.15) is 5.10 Å². The first-order chi connectivity index (χ1) is 10.8. The molecule has 0 atom stereocenters. The molecule has 0 bridgehead atoms. The number of benzene rings is 1. The van der Waals surface area contributed by atoms with Crippen LogP contribution in [0.3, 0.4) is 0 Å². The lowest BCUT2D eigenvalue weighted by atomic mass is 10.1. The Morgan fingerprint density at radius 1 is 1.26 bits per heavy atom. The quantitative estimate of drug-likeness (QED) is 0.801. The molecule has 0 unspecified atom stereocenters. The number of piperidine rings is 1. The second kappa shape index (κ2) is 5.87. The molecule has 2 aromatic rings. The van der Waals surface area contributed by atoms with Gasteiger partial charge in [0.15, 0.2) is 0 Å². The minimum absolute atomic E-state index is 0.211. The highest BCUT2D eigenvalue weighted by Crippen LogP contribution is 2.27. The molecule has 5 heteroatoms. The van der Waals surface area contributed by atoms with Crippen molar-refractivity contribution in [2.75, 3.05) is 13.1 Å². The molecule has 1 fully saturated rings. The van der Waals surface area contributed by atoms with Gasteiger partial charge in [-0.15, -0.1) is 0 Å². The van der Waals surface area contributed by atoms with Crippen molar-refractivity contribution in [1.82, 2.24) is 14.7 Å². The summed E-state index contributed by atoms with van der Waals surface area (Å²) in [5, 5.41) is 5.74. The van der Waals surface area contributed by atoms with E-state index in [1.54, 1.807) is 4.90 Å². The molecule has 2 heterocycles. The summed E-state index contributed by atoms with van der Waals surface area (Å²) in [4.78, 5) is 13.9. The van der Waals surface area contributed by atoms with E-state index in [0.29, 0.717) is 19.1 Å². The first-order valence-corrected chi connectivity index (χ1v) is 8.25. The third-order valence-corrected chi connectivity index (χ3v) is 4.22. The maximum Gasteiger partial charge on any atom is 0.410 e. The highest BCUT2D eigenvalue weighted by molar-refractivity contribution is 5.79. The van der Waals surface area contributed by atoms with Crippen LogP contribution in [0, 0.1) is 6.92 Å². The van der Waals surface area contributed by atoms with Gasteiger partial charge in [0.2, 0.25) is 0 Å². The zero-order valence-electron chi connectivity index (χ0n) is 14.4. The summed E-state index contributed by atoms with van der Waals surface area (Å²) in [5.41, 5.74) is 1.98. The summed E-state index contributed by atoms with van der Waals surface area (Å²) in [6, 6.07) is 6.75. The van der Waals surface area contributed by atoms with E-state index in [9.17, 15) is 4.79 Å². The van der Waals surface area contributed by atoms with Gasteiger partial charge in [-0.3, -0.25) is 4.68 Å². The minimum atomic E-state index is -0.441. The van der Waals surface area contributed by atoms with E-state index >= 15 is 0 Å². The van der Waals surface area contributed by atoms with Crippen LogP contribution in [0.15, 0.2) is 24.4 Å². The lowest BCUT2D eigenvalue weighted by molar-refractivity contribution is 0.0186. The maximum atomic E-state index is 12.1. The Balaban J connectivity index is 1.69. The number of fused-ring (bicyclic) bond motifs is 1. The van der Waals surface area contributed by atoms with Crippen LogP contribution in [0.4, 0.5) is 4.79 Å². The number of hydrogen-bond donors (Lipinski definition) is 0. The van der Waals surface area contributed by atoms with Crippen LogP contribution >= 0.6 is 0 Å². The van der Waals surface area contributed by atoms with Crippen molar-refractivity contribution in [1.29, 1.82) is 0 Å². The molecule has 0 N–H and O–H groups in total. The van der Waals surface area contributed by atoms with Crippen molar-refractivity contribution in [3.05, 3.63) is 30.0 Å². The fourth-order valence-corrected chi connectivity index (χ4v) is 3.06. The van der Waals surface area contributed by atoms with Crippen molar-refractivity contribution in [2.45, 2.75) is 52.2 Å². The molecule has 1 aliphatic heterocycles. The Labute approximate surface area is 137 Å². The van der Waals surface area contributed by atoms with Gasteiger partial charge in [-0.25, -0.2) is 4.79 Å². The highest BCUT2D eigenvalue weighted by Gasteiger charge is 2.28. The third-order valence-electron chi connectivity index (χ3n) is 4.22. The van der Waals surface area contributed by atoms with Crippen LogP contribution in [-0.4, -0.2) is 39.5 Å². The van der Waals surface area contributed by atoms with Crippen molar-refractivity contribution < 1.29 is 9.53 Å². The number of nitrogens with zero attached hydrogens (tertiary/aromatic N) is 3. The van der Waals surface area contributed by atoms with Crippen LogP contribution in [0.1, 0.15) is 45.2 Å². The third kappa shape index (κ3) is 3.49. The Bertz CT molecular complexity index is 707. The van der Waals surface area contributed by atoms with E-state index in [1.165, 1.54) is 16.5 Å². The zero-order chi connectivity index (χ0) is 16.6. The van der Waals surface area contributed by atoms with Gasteiger partial charge in [0.1, 0.15) is 5.60 Å². The largest absolute Gasteiger partial charge is 0.444 e. The number of aryl methyl sites for hydroxylation is 1. The summed E-state index contributed by atoms with van der Waals surface area (Å²) < 4.78 is 7.57. The fraction of sp³-hybridized carbons (Fsp3) is 0.556. The van der Waals surface area contributed by atoms with E-state index in [-0.39, 0.29) is 6.09 Å². The first kappa shape index (κ1) is 15.8. The molecule has 0 saturated carbocycles. The van der Waals surface area contributed by atoms with Crippen LogP contribution in [0.5, 0.6) is 0 Å². The van der Waals surface area contributed by atoms with Gasteiger partial charge < -0.3 is 9.64 Å². The average molecular weight is 315 g/mol. The molecule has 1 aliphatic rings. The van der Waals surface area contributed by atoms with Crippen molar-refractivity contribution in [3.63, 3.8) is 0 Å². The Morgan fingerprint density at radius 3 is 2.61 bits per heavy atom. The predicted molar refractivity (Wildman–Crippen MR) is 90.5 cm³/mol. The van der Waals surface area contributed by atoms with E-state index in [2.05, 4.69) is 34.9 Å². The first-order valence-electron chi connectivity index (χ1n) is 8.25. The van der Waals surface area contributed by atoms with Crippen LogP contribution in [0.25, 0.3) is 10.9 Å². The monoisotopic (exact) mass is 315 g/mol. The smallest absolute Gasteiger partial charge is 0.410 e. The number of carbonyl (C=O) groups is 1. The summed E-state index contributed by atoms with van der Waals surface area (Å²) in [7, 11) is 0. The summed E-state index contributed by atoms with van der Waals surface area (Å²) in [6.07, 6.45) is 3.53. The molecule has 0 radical (unpaired) electrons. The number of likely N-dealkylation sites (tertiary alicyclic amines) is 1. The molecule has 124 valence electrons. The standard InChI is InChI=1S/C18H25N3O2/c1-13-5-6-14-12-19-21(16(14)11-13)15-7-9-20(10-8-15)17(22)23-18(2,3)4/h5-6,11-12,15H,7-10H2,1-4H3. The summed E-state index contributed by atoms with van der Waals surface area (Å²) in [5.74, 6) is 0. The van der Waals surface area contributed by atoms with Crippen molar-refractivity contribution >= 4 is 17.0 Å². The Kier molecular flexibility index (Phi) is 4.04. The molecule has 23 heavy (non-hydrogen) atoms. The van der Waals surface area contributed by atoms with Crippen LogP contribution < -0.4 is 0 Å². The van der Waals surface area contributed by atoms with Gasteiger partial charge in [0.05, 0.1) is 17.8 Å². The lowest BCUT2D eigenvalue weighted by Gasteiger charge is -2.33.